The van der Waals surface area contributed by atoms with Crippen molar-refractivity contribution in [3.8, 4) is 0 Å². The molecule has 0 amide bonds. The van der Waals surface area contributed by atoms with Gasteiger partial charge in [-0.15, -0.1) is 22.6 Å². The summed E-state index contributed by atoms with van der Waals surface area (Å²) in [5.74, 6) is 8.08. The number of hydrogen-bond acceptors (Lipinski definition) is 6. The predicted octanol–water partition coefficient (Wildman–Crippen LogP) is 1.07. The van der Waals surface area contributed by atoms with E-state index in [4.69, 9.17) is 10.3 Å². The molecular formula is C9H13ClN6O. The zero-order chi connectivity index (χ0) is 11.5. The van der Waals surface area contributed by atoms with E-state index in [0.717, 1.165) is 5.76 Å². The van der Waals surface area contributed by atoms with Crippen LogP contribution in [0.5, 0.6) is 0 Å². The number of nitrogens with zero attached hydrogens (tertiary/aromatic N) is 4. The zero-order valence-corrected chi connectivity index (χ0v) is 10.2. The van der Waals surface area contributed by atoms with Crippen LogP contribution in [0.1, 0.15) is 17.3 Å². The largest absolute Gasteiger partial charge is 0.460 e. The molecule has 0 atom stereocenters. The second-order valence-electron chi connectivity index (χ2n) is 3.26. The molecule has 2 rings (SSSR count). The SMILES string of the molecule is Cc1ccc(/C=N\Nc2nnc(C)n2N)o1.Cl. The van der Waals surface area contributed by atoms with Gasteiger partial charge in [0.05, 0.1) is 6.21 Å². The van der Waals surface area contributed by atoms with Crippen molar-refractivity contribution in [2.75, 3.05) is 11.3 Å². The minimum absolute atomic E-state index is 0. The van der Waals surface area contributed by atoms with Gasteiger partial charge in [0.15, 0.2) is 5.82 Å². The smallest absolute Gasteiger partial charge is 0.263 e. The fourth-order valence-corrected chi connectivity index (χ4v) is 1.12. The molecule has 0 aliphatic heterocycles. The average molecular weight is 257 g/mol. The van der Waals surface area contributed by atoms with Crippen LogP contribution in [0.2, 0.25) is 0 Å². The van der Waals surface area contributed by atoms with Crippen molar-refractivity contribution in [1.82, 2.24) is 14.9 Å². The molecule has 0 bridgehead atoms. The Kier molecular flexibility index (Phi) is 4.11. The molecule has 0 aliphatic rings. The number of aromatic nitrogens is 3. The van der Waals surface area contributed by atoms with Crippen LogP contribution >= 0.6 is 12.4 Å². The molecule has 0 saturated carbocycles. The first-order valence-electron chi connectivity index (χ1n) is 4.69. The zero-order valence-electron chi connectivity index (χ0n) is 9.41. The number of furan rings is 1. The van der Waals surface area contributed by atoms with Crippen LogP contribution in [0.15, 0.2) is 21.7 Å². The van der Waals surface area contributed by atoms with Gasteiger partial charge in [-0.2, -0.15) is 5.10 Å². The molecule has 0 aromatic carbocycles. The summed E-state index contributed by atoms with van der Waals surface area (Å²) in [6, 6.07) is 3.68. The molecule has 0 saturated heterocycles. The molecule has 0 radical (unpaired) electrons. The molecule has 0 unspecified atom stereocenters. The molecule has 8 heteroatoms. The topological polar surface area (TPSA) is 94.3 Å². The molecule has 92 valence electrons. The van der Waals surface area contributed by atoms with Crippen molar-refractivity contribution in [1.29, 1.82) is 0 Å². The lowest BCUT2D eigenvalue weighted by Gasteiger charge is -1.98. The summed E-state index contributed by atoms with van der Waals surface area (Å²) in [5.41, 5.74) is 2.67. The van der Waals surface area contributed by atoms with E-state index in [1.165, 1.54) is 10.9 Å². The fraction of sp³-hybridized carbons (Fsp3) is 0.222. The van der Waals surface area contributed by atoms with Crippen molar-refractivity contribution < 1.29 is 4.42 Å². The maximum absolute atomic E-state index is 5.62. The van der Waals surface area contributed by atoms with E-state index in [1.807, 2.05) is 19.1 Å². The van der Waals surface area contributed by atoms with Gasteiger partial charge in [-0.1, -0.05) is 0 Å². The van der Waals surface area contributed by atoms with E-state index >= 15 is 0 Å². The average Bonchev–Trinajstić information content (AvgIpc) is 2.79. The molecule has 17 heavy (non-hydrogen) atoms. The van der Waals surface area contributed by atoms with Crippen molar-refractivity contribution in [2.45, 2.75) is 13.8 Å². The third-order valence-corrected chi connectivity index (χ3v) is 1.98. The Balaban J connectivity index is 0.00000144. The third kappa shape index (κ3) is 2.97. The number of rotatable bonds is 3. The van der Waals surface area contributed by atoms with Crippen molar-refractivity contribution in [3.63, 3.8) is 0 Å². The van der Waals surface area contributed by atoms with Gasteiger partial charge in [0.2, 0.25) is 0 Å². The normalized spacial score (nSPS) is 10.5. The van der Waals surface area contributed by atoms with Crippen LogP contribution < -0.4 is 11.3 Å². The number of nitrogens with one attached hydrogen (secondary N) is 1. The Labute approximate surface area is 104 Å². The first-order chi connectivity index (χ1) is 7.66. The second-order valence-corrected chi connectivity index (χ2v) is 3.26. The van der Waals surface area contributed by atoms with Gasteiger partial charge < -0.3 is 10.3 Å². The van der Waals surface area contributed by atoms with Crippen LogP contribution in [0, 0.1) is 13.8 Å². The van der Waals surface area contributed by atoms with Gasteiger partial charge in [0, 0.05) is 0 Å². The van der Waals surface area contributed by atoms with E-state index in [0.29, 0.717) is 17.5 Å². The van der Waals surface area contributed by atoms with E-state index < -0.39 is 0 Å². The first-order valence-corrected chi connectivity index (χ1v) is 4.69. The summed E-state index contributed by atoms with van der Waals surface area (Å²) in [7, 11) is 0. The van der Waals surface area contributed by atoms with Gasteiger partial charge >= 0.3 is 0 Å². The highest BCUT2D eigenvalue weighted by atomic mass is 35.5. The molecule has 2 heterocycles. The highest BCUT2D eigenvalue weighted by Gasteiger charge is 2.02. The van der Waals surface area contributed by atoms with Crippen LogP contribution in [-0.2, 0) is 0 Å². The number of anilines is 1. The number of hydrazone groups is 1. The quantitative estimate of drug-likeness (QED) is 0.487. The Morgan fingerprint density at radius 3 is 2.71 bits per heavy atom. The third-order valence-electron chi connectivity index (χ3n) is 1.98. The summed E-state index contributed by atoms with van der Waals surface area (Å²) >= 11 is 0. The summed E-state index contributed by atoms with van der Waals surface area (Å²) < 4.78 is 6.60. The number of aryl methyl sites for hydroxylation is 2. The summed E-state index contributed by atoms with van der Waals surface area (Å²) in [6.07, 6.45) is 1.54. The fourth-order valence-electron chi connectivity index (χ4n) is 1.12. The molecule has 0 aliphatic carbocycles. The van der Waals surface area contributed by atoms with E-state index in [2.05, 4.69) is 20.7 Å². The van der Waals surface area contributed by atoms with Gasteiger partial charge in [0.1, 0.15) is 11.5 Å². The van der Waals surface area contributed by atoms with Gasteiger partial charge in [-0.3, -0.25) is 0 Å². The van der Waals surface area contributed by atoms with Crippen LogP contribution in [0.25, 0.3) is 0 Å². The number of nitrogens with two attached hydrogens (primary N) is 1. The highest BCUT2D eigenvalue weighted by Crippen LogP contribution is 2.04. The number of nitrogen functional groups attached to an aromatic ring is 1. The first kappa shape index (κ1) is 13.0. The Morgan fingerprint density at radius 1 is 1.41 bits per heavy atom. The van der Waals surface area contributed by atoms with Gasteiger partial charge in [-0.05, 0) is 26.0 Å². The Bertz CT molecular complexity index is 517. The Morgan fingerprint density at radius 2 is 2.18 bits per heavy atom. The summed E-state index contributed by atoms with van der Waals surface area (Å²) in [4.78, 5) is 0. The Hall–Kier alpha value is -2.02. The molecule has 0 fully saturated rings. The molecular weight excluding hydrogens is 244 g/mol. The van der Waals surface area contributed by atoms with E-state index in [-0.39, 0.29) is 12.4 Å². The van der Waals surface area contributed by atoms with E-state index in [1.54, 1.807) is 6.92 Å². The second kappa shape index (κ2) is 5.35. The summed E-state index contributed by atoms with van der Waals surface area (Å²) in [5, 5.41) is 11.5. The highest BCUT2D eigenvalue weighted by molar-refractivity contribution is 5.85. The standard InChI is InChI=1S/C9H12N6O.ClH/c1-6-3-4-8(16-6)5-11-13-9-14-12-7(2)15(9)10;/h3-5H,10H2,1-2H3,(H,13,14);1H/b11-5-;. The lowest BCUT2D eigenvalue weighted by Crippen LogP contribution is -2.13. The van der Waals surface area contributed by atoms with Gasteiger partial charge in [-0.25, -0.2) is 10.1 Å². The minimum atomic E-state index is 0. The van der Waals surface area contributed by atoms with Crippen LogP contribution in [0.4, 0.5) is 5.95 Å². The maximum Gasteiger partial charge on any atom is 0.263 e. The van der Waals surface area contributed by atoms with Crippen LogP contribution in [0.3, 0.4) is 0 Å². The number of hydrogen-bond donors (Lipinski definition) is 2. The molecule has 2 aromatic rings. The van der Waals surface area contributed by atoms with Crippen molar-refractivity contribution >= 4 is 24.6 Å². The molecule has 2 aromatic heterocycles. The number of halogens is 1. The van der Waals surface area contributed by atoms with Gasteiger partial charge in [0.25, 0.3) is 5.95 Å². The lowest BCUT2D eigenvalue weighted by molar-refractivity contribution is 0.528. The molecule has 3 N–H and O–H groups in total. The molecule has 7 nitrogen and oxygen atoms in total. The van der Waals surface area contributed by atoms with Crippen LogP contribution in [-0.4, -0.2) is 21.1 Å². The molecule has 0 spiro atoms. The maximum atomic E-state index is 5.62. The van der Waals surface area contributed by atoms with Crippen molar-refractivity contribution in [2.24, 2.45) is 5.10 Å². The van der Waals surface area contributed by atoms with E-state index in [9.17, 15) is 0 Å². The summed E-state index contributed by atoms with van der Waals surface area (Å²) in [6.45, 7) is 3.61. The van der Waals surface area contributed by atoms with Crippen molar-refractivity contribution in [3.05, 3.63) is 29.5 Å². The minimum Gasteiger partial charge on any atom is -0.460 e. The monoisotopic (exact) mass is 256 g/mol. The predicted molar refractivity (Wildman–Crippen MR) is 66.8 cm³/mol. The lowest BCUT2D eigenvalue weighted by atomic mass is 10.4.